The molecule has 0 radical (unpaired) electrons. The lowest BCUT2D eigenvalue weighted by Crippen LogP contribution is -2.38. The SMILES string of the molecule is CCN1C(=O)CC(NCc2cccc([N+](=O)[O-])c2C)C1=O. The zero-order valence-corrected chi connectivity index (χ0v) is 12.0. The molecule has 0 spiro atoms. The fourth-order valence-electron chi connectivity index (χ4n) is 2.47. The highest BCUT2D eigenvalue weighted by molar-refractivity contribution is 6.05. The Kier molecular flexibility index (Phi) is 4.32. The molecule has 21 heavy (non-hydrogen) atoms. The Labute approximate surface area is 122 Å². The van der Waals surface area contributed by atoms with Crippen LogP contribution >= 0.6 is 0 Å². The van der Waals surface area contributed by atoms with E-state index in [9.17, 15) is 19.7 Å². The van der Waals surface area contributed by atoms with Gasteiger partial charge in [-0.15, -0.1) is 0 Å². The summed E-state index contributed by atoms with van der Waals surface area (Å²) in [4.78, 5) is 35.3. The molecule has 1 unspecified atom stereocenters. The number of likely N-dealkylation sites (tertiary alicyclic amines) is 1. The second-order valence-corrected chi connectivity index (χ2v) is 4.93. The van der Waals surface area contributed by atoms with E-state index in [0.29, 0.717) is 18.7 Å². The van der Waals surface area contributed by atoms with Gasteiger partial charge in [-0.3, -0.25) is 24.6 Å². The minimum atomic E-state index is -0.545. The number of hydrogen-bond acceptors (Lipinski definition) is 5. The average molecular weight is 291 g/mol. The van der Waals surface area contributed by atoms with E-state index in [1.54, 1.807) is 26.0 Å². The van der Waals surface area contributed by atoms with E-state index < -0.39 is 11.0 Å². The quantitative estimate of drug-likeness (QED) is 0.499. The summed E-state index contributed by atoms with van der Waals surface area (Å²) in [5.74, 6) is -0.415. The maximum absolute atomic E-state index is 12.0. The molecular weight excluding hydrogens is 274 g/mol. The van der Waals surface area contributed by atoms with E-state index >= 15 is 0 Å². The number of nitro groups is 1. The number of hydrogen-bond donors (Lipinski definition) is 1. The van der Waals surface area contributed by atoms with Crippen molar-refractivity contribution in [1.82, 2.24) is 10.2 Å². The molecule has 1 N–H and O–H groups in total. The van der Waals surface area contributed by atoms with E-state index in [2.05, 4.69) is 5.32 Å². The predicted octanol–water partition coefficient (Wildman–Crippen LogP) is 1.14. The van der Waals surface area contributed by atoms with Crippen LogP contribution in [0.3, 0.4) is 0 Å². The molecule has 1 aliphatic rings. The molecule has 112 valence electrons. The summed E-state index contributed by atoms with van der Waals surface area (Å²) in [6, 6.07) is 4.29. The maximum atomic E-state index is 12.0. The monoisotopic (exact) mass is 291 g/mol. The minimum Gasteiger partial charge on any atom is -0.301 e. The van der Waals surface area contributed by atoms with E-state index in [1.807, 2.05) is 0 Å². The number of rotatable bonds is 5. The van der Waals surface area contributed by atoms with Crippen molar-refractivity contribution in [2.24, 2.45) is 0 Å². The molecule has 0 saturated carbocycles. The van der Waals surface area contributed by atoms with Crippen LogP contribution < -0.4 is 5.32 Å². The van der Waals surface area contributed by atoms with Gasteiger partial charge in [-0.1, -0.05) is 12.1 Å². The van der Waals surface area contributed by atoms with Crippen molar-refractivity contribution in [3.63, 3.8) is 0 Å². The molecule has 1 aliphatic heterocycles. The average Bonchev–Trinajstić information content (AvgIpc) is 2.71. The molecule has 1 aromatic rings. The molecule has 0 bridgehead atoms. The Balaban J connectivity index is 2.08. The van der Waals surface area contributed by atoms with Crippen LogP contribution in [0.25, 0.3) is 0 Å². The first-order chi connectivity index (χ1) is 9.95. The number of amides is 2. The molecule has 1 atom stereocenters. The summed E-state index contributed by atoms with van der Waals surface area (Å²) in [5.41, 5.74) is 1.37. The van der Waals surface area contributed by atoms with Crippen LogP contribution in [-0.4, -0.2) is 34.2 Å². The fraction of sp³-hybridized carbons (Fsp3) is 0.429. The molecule has 2 rings (SSSR count). The zero-order chi connectivity index (χ0) is 15.6. The lowest BCUT2D eigenvalue weighted by atomic mass is 10.1. The number of carbonyl (C=O) groups is 2. The van der Waals surface area contributed by atoms with Crippen molar-refractivity contribution < 1.29 is 14.5 Å². The molecule has 0 aliphatic carbocycles. The number of likely N-dealkylation sites (N-methyl/N-ethyl adjacent to an activating group) is 1. The lowest BCUT2D eigenvalue weighted by molar-refractivity contribution is -0.385. The van der Waals surface area contributed by atoms with Gasteiger partial charge in [0.2, 0.25) is 11.8 Å². The summed E-state index contributed by atoms with van der Waals surface area (Å²) in [5, 5.41) is 13.9. The van der Waals surface area contributed by atoms with Crippen molar-refractivity contribution >= 4 is 17.5 Å². The molecule has 1 heterocycles. The van der Waals surface area contributed by atoms with Gasteiger partial charge in [0, 0.05) is 24.7 Å². The minimum absolute atomic E-state index is 0.0540. The van der Waals surface area contributed by atoms with Crippen molar-refractivity contribution in [3.8, 4) is 0 Å². The van der Waals surface area contributed by atoms with Crippen LogP contribution in [0.2, 0.25) is 0 Å². The Morgan fingerprint density at radius 1 is 1.43 bits per heavy atom. The Morgan fingerprint density at radius 3 is 2.71 bits per heavy atom. The van der Waals surface area contributed by atoms with Crippen LogP contribution in [0.15, 0.2) is 18.2 Å². The molecule has 0 aromatic heterocycles. The van der Waals surface area contributed by atoms with Gasteiger partial charge in [-0.25, -0.2) is 0 Å². The van der Waals surface area contributed by atoms with Crippen LogP contribution in [-0.2, 0) is 16.1 Å². The third kappa shape index (κ3) is 2.92. The topological polar surface area (TPSA) is 92.6 Å². The highest BCUT2D eigenvalue weighted by atomic mass is 16.6. The molecule has 7 heteroatoms. The molecular formula is C14H17N3O4. The first kappa shape index (κ1) is 15.1. The van der Waals surface area contributed by atoms with Crippen LogP contribution in [0, 0.1) is 17.0 Å². The first-order valence-electron chi connectivity index (χ1n) is 6.76. The predicted molar refractivity (Wildman–Crippen MR) is 75.5 cm³/mol. The zero-order valence-electron chi connectivity index (χ0n) is 12.0. The van der Waals surface area contributed by atoms with Crippen LogP contribution in [0.5, 0.6) is 0 Å². The summed E-state index contributed by atoms with van der Waals surface area (Å²) in [6.45, 7) is 4.11. The fourth-order valence-corrected chi connectivity index (χ4v) is 2.47. The highest BCUT2D eigenvalue weighted by Crippen LogP contribution is 2.21. The normalized spacial score (nSPS) is 18.4. The van der Waals surface area contributed by atoms with Gasteiger partial charge in [-0.05, 0) is 19.4 Å². The van der Waals surface area contributed by atoms with Crippen molar-refractivity contribution in [1.29, 1.82) is 0 Å². The van der Waals surface area contributed by atoms with Crippen molar-refractivity contribution in [2.45, 2.75) is 32.9 Å². The number of nitrogens with zero attached hydrogens (tertiary/aromatic N) is 2. The van der Waals surface area contributed by atoms with Crippen LogP contribution in [0.4, 0.5) is 5.69 Å². The summed E-state index contributed by atoms with van der Waals surface area (Å²) in [7, 11) is 0. The van der Waals surface area contributed by atoms with Gasteiger partial charge in [0.1, 0.15) is 0 Å². The maximum Gasteiger partial charge on any atom is 0.272 e. The van der Waals surface area contributed by atoms with Gasteiger partial charge >= 0.3 is 0 Å². The number of carbonyl (C=O) groups excluding carboxylic acids is 2. The largest absolute Gasteiger partial charge is 0.301 e. The number of nitro benzene ring substituents is 1. The van der Waals surface area contributed by atoms with Gasteiger partial charge in [0.05, 0.1) is 17.4 Å². The Hall–Kier alpha value is -2.28. The van der Waals surface area contributed by atoms with E-state index in [-0.39, 0.29) is 23.9 Å². The summed E-state index contributed by atoms with van der Waals surface area (Å²) in [6.07, 6.45) is 0.140. The number of nitrogens with one attached hydrogen (secondary N) is 1. The Bertz CT molecular complexity index is 600. The standard InChI is InChI=1S/C14H17N3O4/c1-3-16-13(18)7-11(14(16)19)15-8-10-5-4-6-12(9(10)2)17(20)21/h4-6,11,15H,3,7-8H2,1-2H3. The van der Waals surface area contributed by atoms with Gasteiger partial charge in [0.25, 0.3) is 5.69 Å². The molecule has 2 amide bonds. The number of benzene rings is 1. The smallest absolute Gasteiger partial charge is 0.272 e. The van der Waals surface area contributed by atoms with Gasteiger partial charge in [-0.2, -0.15) is 0 Å². The third-order valence-corrected chi connectivity index (χ3v) is 3.71. The van der Waals surface area contributed by atoms with E-state index in [0.717, 1.165) is 5.56 Å². The Morgan fingerprint density at radius 2 is 2.14 bits per heavy atom. The molecule has 1 fully saturated rings. The highest BCUT2D eigenvalue weighted by Gasteiger charge is 2.37. The second kappa shape index (κ2) is 6.01. The van der Waals surface area contributed by atoms with Crippen LogP contribution in [0.1, 0.15) is 24.5 Å². The summed E-state index contributed by atoms with van der Waals surface area (Å²) >= 11 is 0. The summed E-state index contributed by atoms with van der Waals surface area (Å²) < 4.78 is 0. The van der Waals surface area contributed by atoms with Crippen molar-refractivity contribution in [2.75, 3.05) is 6.54 Å². The first-order valence-corrected chi connectivity index (χ1v) is 6.76. The van der Waals surface area contributed by atoms with Gasteiger partial charge < -0.3 is 5.32 Å². The van der Waals surface area contributed by atoms with Gasteiger partial charge in [0.15, 0.2) is 0 Å². The molecule has 1 aromatic carbocycles. The van der Waals surface area contributed by atoms with Crippen molar-refractivity contribution in [3.05, 3.63) is 39.4 Å². The lowest BCUT2D eigenvalue weighted by Gasteiger charge is -2.14. The molecule has 7 nitrogen and oxygen atoms in total. The molecule has 1 saturated heterocycles. The third-order valence-electron chi connectivity index (χ3n) is 3.71. The number of imide groups is 1. The van der Waals surface area contributed by atoms with E-state index in [1.165, 1.54) is 11.0 Å². The van der Waals surface area contributed by atoms with E-state index in [4.69, 9.17) is 0 Å². The second-order valence-electron chi connectivity index (χ2n) is 4.93.